The summed E-state index contributed by atoms with van der Waals surface area (Å²) in [6.07, 6.45) is 1.75. The number of hydrogen-bond acceptors (Lipinski definition) is 4. The average molecular weight is 444 g/mol. The second-order valence-electron chi connectivity index (χ2n) is 6.39. The maximum absolute atomic E-state index is 11.8. The third kappa shape index (κ3) is 6.47. The van der Waals surface area contributed by atoms with Crippen molar-refractivity contribution in [3.63, 3.8) is 0 Å². The van der Waals surface area contributed by atoms with E-state index >= 15 is 0 Å². The van der Waals surface area contributed by atoms with Crippen LogP contribution >= 0.6 is 23.2 Å². The molecule has 2 aromatic carbocycles. The fraction of sp³-hybridized carbons (Fsp3) is 0.136. The van der Waals surface area contributed by atoms with Gasteiger partial charge < -0.3 is 9.73 Å². The number of rotatable bonds is 8. The van der Waals surface area contributed by atoms with E-state index in [2.05, 4.69) is 15.8 Å². The number of amides is 2. The molecule has 0 saturated heterocycles. The SMILES string of the molecule is O=C(CC(=O)N/N=C\c1ccc(-c2ccc(Cl)c(Cl)c2)o1)NCCc1ccccc1. The lowest BCUT2D eigenvalue weighted by Gasteiger charge is -2.04. The minimum Gasteiger partial charge on any atom is -0.455 e. The van der Waals surface area contributed by atoms with Gasteiger partial charge in [0.25, 0.3) is 0 Å². The zero-order valence-electron chi connectivity index (χ0n) is 15.9. The molecule has 0 atom stereocenters. The number of nitrogens with zero attached hydrogens (tertiary/aromatic N) is 1. The maximum atomic E-state index is 11.8. The number of benzene rings is 2. The molecule has 2 N–H and O–H groups in total. The predicted molar refractivity (Wildman–Crippen MR) is 118 cm³/mol. The van der Waals surface area contributed by atoms with E-state index in [-0.39, 0.29) is 12.3 Å². The summed E-state index contributed by atoms with van der Waals surface area (Å²) < 4.78 is 5.64. The van der Waals surface area contributed by atoms with Crippen LogP contribution < -0.4 is 10.7 Å². The second-order valence-corrected chi connectivity index (χ2v) is 7.20. The third-order valence-electron chi connectivity index (χ3n) is 4.11. The van der Waals surface area contributed by atoms with Crippen molar-refractivity contribution < 1.29 is 14.0 Å². The Morgan fingerprint density at radius 2 is 1.77 bits per heavy atom. The first-order chi connectivity index (χ1) is 14.5. The molecule has 0 fully saturated rings. The number of nitrogens with one attached hydrogen (secondary N) is 2. The molecule has 0 bridgehead atoms. The molecule has 0 saturated carbocycles. The first-order valence-corrected chi connectivity index (χ1v) is 9.94. The molecule has 0 aliphatic rings. The Hall–Kier alpha value is -3.09. The first-order valence-electron chi connectivity index (χ1n) is 9.19. The molecule has 0 aliphatic heterocycles. The van der Waals surface area contributed by atoms with E-state index in [1.165, 1.54) is 6.21 Å². The summed E-state index contributed by atoms with van der Waals surface area (Å²) in [6.45, 7) is 0.462. The molecule has 0 radical (unpaired) electrons. The third-order valence-corrected chi connectivity index (χ3v) is 4.85. The van der Waals surface area contributed by atoms with Gasteiger partial charge in [0, 0.05) is 12.1 Å². The summed E-state index contributed by atoms with van der Waals surface area (Å²) in [5.41, 5.74) is 4.19. The Kier molecular flexibility index (Phi) is 7.65. The number of hydrazone groups is 1. The molecular weight excluding hydrogens is 425 g/mol. The monoisotopic (exact) mass is 443 g/mol. The molecule has 0 unspecified atom stereocenters. The highest BCUT2D eigenvalue weighted by molar-refractivity contribution is 6.42. The van der Waals surface area contributed by atoms with Crippen LogP contribution in [0.5, 0.6) is 0 Å². The van der Waals surface area contributed by atoms with E-state index < -0.39 is 5.91 Å². The lowest BCUT2D eigenvalue weighted by atomic mass is 10.1. The van der Waals surface area contributed by atoms with Crippen LogP contribution in [0.25, 0.3) is 11.3 Å². The van der Waals surface area contributed by atoms with Crippen LogP contribution in [0, 0.1) is 0 Å². The number of halogens is 2. The highest BCUT2D eigenvalue weighted by Crippen LogP contribution is 2.29. The smallest absolute Gasteiger partial charge is 0.249 e. The first kappa shape index (κ1) is 21.6. The van der Waals surface area contributed by atoms with Crippen LogP contribution in [0.3, 0.4) is 0 Å². The molecular formula is C22H19Cl2N3O3. The van der Waals surface area contributed by atoms with Crippen LogP contribution in [-0.4, -0.2) is 24.6 Å². The predicted octanol–water partition coefficient (Wildman–Crippen LogP) is 4.45. The zero-order valence-corrected chi connectivity index (χ0v) is 17.4. The van der Waals surface area contributed by atoms with Gasteiger partial charge in [-0.15, -0.1) is 0 Å². The standard InChI is InChI=1S/C22H19Cl2N3O3/c23-18-8-6-16(12-19(18)24)20-9-7-17(30-20)14-26-27-22(29)13-21(28)25-11-10-15-4-2-1-3-5-15/h1-9,12,14H,10-11,13H2,(H,25,28)(H,27,29)/b26-14-. The average Bonchev–Trinajstić information content (AvgIpc) is 3.20. The molecule has 3 rings (SSSR count). The molecule has 30 heavy (non-hydrogen) atoms. The van der Waals surface area contributed by atoms with Crippen molar-refractivity contribution >= 4 is 41.2 Å². The normalized spacial score (nSPS) is 10.9. The van der Waals surface area contributed by atoms with E-state index in [4.69, 9.17) is 27.6 Å². The Bertz CT molecular complexity index is 1050. The second kappa shape index (κ2) is 10.6. The van der Waals surface area contributed by atoms with Crippen molar-refractivity contribution in [1.29, 1.82) is 0 Å². The summed E-state index contributed by atoms with van der Waals surface area (Å²) in [6, 6.07) is 18.4. The van der Waals surface area contributed by atoms with E-state index in [0.29, 0.717) is 34.5 Å². The summed E-state index contributed by atoms with van der Waals surface area (Å²) in [7, 11) is 0. The van der Waals surface area contributed by atoms with Gasteiger partial charge in [-0.2, -0.15) is 5.10 Å². The van der Waals surface area contributed by atoms with Gasteiger partial charge in [-0.05, 0) is 42.3 Å². The molecule has 3 aromatic rings. The largest absolute Gasteiger partial charge is 0.455 e. The van der Waals surface area contributed by atoms with Gasteiger partial charge in [-0.3, -0.25) is 9.59 Å². The van der Waals surface area contributed by atoms with Crippen LogP contribution in [0.15, 0.2) is 70.2 Å². The fourth-order valence-electron chi connectivity index (χ4n) is 2.63. The summed E-state index contributed by atoms with van der Waals surface area (Å²) in [4.78, 5) is 23.7. The van der Waals surface area contributed by atoms with Gasteiger partial charge in [-0.1, -0.05) is 53.5 Å². The van der Waals surface area contributed by atoms with Gasteiger partial charge in [0.2, 0.25) is 11.8 Å². The number of furan rings is 1. The van der Waals surface area contributed by atoms with Gasteiger partial charge in [0.05, 0.1) is 16.3 Å². The lowest BCUT2D eigenvalue weighted by Crippen LogP contribution is -2.31. The summed E-state index contributed by atoms with van der Waals surface area (Å²) >= 11 is 11.9. The lowest BCUT2D eigenvalue weighted by molar-refractivity contribution is -0.129. The molecule has 0 aliphatic carbocycles. The van der Waals surface area contributed by atoms with E-state index in [9.17, 15) is 9.59 Å². The van der Waals surface area contributed by atoms with Crippen molar-refractivity contribution in [3.8, 4) is 11.3 Å². The molecule has 8 heteroatoms. The van der Waals surface area contributed by atoms with E-state index in [1.54, 1.807) is 30.3 Å². The minimum atomic E-state index is -0.514. The number of carbonyl (C=O) groups excluding carboxylic acids is 2. The Balaban J connectivity index is 1.42. The van der Waals surface area contributed by atoms with Crippen molar-refractivity contribution in [3.05, 3.63) is 82.0 Å². The summed E-state index contributed by atoms with van der Waals surface area (Å²) in [5, 5.41) is 7.41. The van der Waals surface area contributed by atoms with E-state index in [0.717, 1.165) is 11.1 Å². The summed E-state index contributed by atoms with van der Waals surface area (Å²) in [5.74, 6) is 0.140. The fourth-order valence-corrected chi connectivity index (χ4v) is 2.93. The highest BCUT2D eigenvalue weighted by Gasteiger charge is 2.09. The maximum Gasteiger partial charge on any atom is 0.249 e. The Labute approximate surface area is 183 Å². The zero-order chi connectivity index (χ0) is 21.3. The molecule has 1 heterocycles. The van der Waals surface area contributed by atoms with Gasteiger partial charge >= 0.3 is 0 Å². The van der Waals surface area contributed by atoms with Gasteiger partial charge in [0.1, 0.15) is 17.9 Å². The quantitative estimate of drug-likeness (QED) is 0.306. The molecule has 2 amide bonds. The van der Waals surface area contributed by atoms with Gasteiger partial charge in [-0.25, -0.2) is 5.43 Å². The molecule has 0 spiro atoms. The number of carbonyl (C=O) groups is 2. The van der Waals surface area contributed by atoms with Crippen molar-refractivity contribution in [2.24, 2.45) is 5.10 Å². The minimum absolute atomic E-state index is 0.307. The number of hydrogen-bond donors (Lipinski definition) is 2. The van der Waals surface area contributed by atoms with Crippen LogP contribution in [0.1, 0.15) is 17.7 Å². The van der Waals surface area contributed by atoms with Crippen molar-refractivity contribution in [1.82, 2.24) is 10.7 Å². The van der Waals surface area contributed by atoms with Crippen LogP contribution in [-0.2, 0) is 16.0 Å². The van der Waals surface area contributed by atoms with Crippen molar-refractivity contribution in [2.75, 3.05) is 6.54 Å². The van der Waals surface area contributed by atoms with Gasteiger partial charge in [0.15, 0.2) is 0 Å². The van der Waals surface area contributed by atoms with Crippen molar-refractivity contribution in [2.45, 2.75) is 12.8 Å². The van der Waals surface area contributed by atoms with E-state index in [1.807, 2.05) is 30.3 Å². The Morgan fingerprint density at radius 1 is 0.967 bits per heavy atom. The molecule has 6 nitrogen and oxygen atoms in total. The highest BCUT2D eigenvalue weighted by atomic mass is 35.5. The molecule has 1 aromatic heterocycles. The van der Waals surface area contributed by atoms with Crippen LogP contribution in [0.2, 0.25) is 10.0 Å². The Morgan fingerprint density at radius 3 is 2.53 bits per heavy atom. The van der Waals surface area contributed by atoms with Crippen LogP contribution in [0.4, 0.5) is 0 Å². The molecule has 154 valence electrons. The topological polar surface area (TPSA) is 83.7 Å².